The number of aromatic nitrogens is 1. The molecule has 0 atom stereocenters. The van der Waals surface area contributed by atoms with Gasteiger partial charge in [0.2, 0.25) is 5.88 Å². The van der Waals surface area contributed by atoms with Crippen LogP contribution < -0.4 is 9.47 Å². The average molecular weight is 270 g/mol. The Labute approximate surface area is 114 Å². The highest BCUT2D eigenvalue weighted by Gasteiger charge is 2.08. The molecule has 6 heteroatoms. The summed E-state index contributed by atoms with van der Waals surface area (Å²) >= 11 is 0. The number of nitriles is 1. The van der Waals surface area contributed by atoms with E-state index in [-0.39, 0.29) is 11.6 Å². The lowest BCUT2D eigenvalue weighted by molar-refractivity contribution is 0.0689. The number of hydrogen-bond acceptors (Lipinski definition) is 5. The Bertz CT molecular complexity index is 692. The molecule has 0 unspecified atom stereocenters. The largest absolute Gasteiger partial charge is 0.497 e. The molecule has 0 aliphatic heterocycles. The lowest BCUT2D eigenvalue weighted by atomic mass is 10.2. The highest BCUT2D eigenvalue weighted by atomic mass is 16.5. The molecular formula is C14H10N2O4. The molecule has 20 heavy (non-hydrogen) atoms. The molecule has 0 amide bonds. The molecule has 1 heterocycles. The number of carbonyl (C=O) groups is 1. The summed E-state index contributed by atoms with van der Waals surface area (Å²) in [6.45, 7) is 0. The van der Waals surface area contributed by atoms with Crippen LogP contribution >= 0.6 is 0 Å². The molecule has 0 saturated carbocycles. The third-order valence-electron chi connectivity index (χ3n) is 2.41. The fourth-order valence-corrected chi connectivity index (χ4v) is 1.52. The second kappa shape index (κ2) is 5.71. The van der Waals surface area contributed by atoms with Crippen LogP contribution in [0.4, 0.5) is 0 Å². The van der Waals surface area contributed by atoms with Gasteiger partial charge in [-0.15, -0.1) is 0 Å². The van der Waals surface area contributed by atoms with Crippen molar-refractivity contribution in [1.29, 1.82) is 5.26 Å². The van der Waals surface area contributed by atoms with Crippen molar-refractivity contribution in [3.8, 4) is 23.4 Å². The predicted molar refractivity (Wildman–Crippen MR) is 69.0 cm³/mol. The zero-order valence-corrected chi connectivity index (χ0v) is 10.5. The third kappa shape index (κ3) is 3.03. The van der Waals surface area contributed by atoms with Crippen molar-refractivity contribution in [2.75, 3.05) is 7.11 Å². The van der Waals surface area contributed by atoms with Gasteiger partial charge in [-0.05, 0) is 18.2 Å². The van der Waals surface area contributed by atoms with E-state index in [9.17, 15) is 4.79 Å². The number of pyridine rings is 1. The van der Waals surface area contributed by atoms with Crippen LogP contribution in [0.3, 0.4) is 0 Å². The first-order valence-electron chi connectivity index (χ1n) is 5.60. The quantitative estimate of drug-likeness (QED) is 0.917. The van der Waals surface area contributed by atoms with Gasteiger partial charge >= 0.3 is 5.97 Å². The molecule has 1 aromatic carbocycles. The van der Waals surface area contributed by atoms with Gasteiger partial charge < -0.3 is 14.6 Å². The Morgan fingerprint density at radius 2 is 2.05 bits per heavy atom. The lowest BCUT2D eigenvalue weighted by Crippen LogP contribution is -2.00. The van der Waals surface area contributed by atoms with E-state index in [2.05, 4.69) is 4.98 Å². The highest BCUT2D eigenvalue weighted by molar-refractivity contribution is 5.85. The smallest absolute Gasteiger partial charge is 0.354 e. The Hall–Kier alpha value is -3.07. The number of methoxy groups -OCH3 is 1. The van der Waals surface area contributed by atoms with Crippen molar-refractivity contribution >= 4 is 5.97 Å². The molecule has 0 radical (unpaired) electrons. The topological polar surface area (TPSA) is 92.4 Å². The van der Waals surface area contributed by atoms with Crippen molar-refractivity contribution in [1.82, 2.24) is 4.98 Å². The normalized spacial score (nSPS) is 9.60. The number of carboxylic acid groups (broad SMARTS) is 1. The number of aromatic carboxylic acids is 1. The van der Waals surface area contributed by atoms with E-state index >= 15 is 0 Å². The van der Waals surface area contributed by atoms with E-state index in [1.54, 1.807) is 12.1 Å². The Balaban J connectivity index is 2.32. The standard InChI is InChI=1S/C14H10N2O4/c1-19-10-5-9(8-15)6-11(7-10)20-13-4-2-3-12(16-13)14(17)18/h2-7H,1H3,(H,17,18). The van der Waals surface area contributed by atoms with E-state index < -0.39 is 5.97 Å². The average Bonchev–Trinajstić information content (AvgIpc) is 2.47. The second-order valence-corrected chi connectivity index (χ2v) is 3.78. The van der Waals surface area contributed by atoms with Crippen LogP contribution in [0, 0.1) is 11.3 Å². The molecule has 0 spiro atoms. The van der Waals surface area contributed by atoms with Gasteiger partial charge in [-0.3, -0.25) is 0 Å². The molecule has 2 aromatic rings. The van der Waals surface area contributed by atoms with E-state index in [1.165, 1.54) is 31.4 Å². The van der Waals surface area contributed by atoms with E-state index in [4.69, 9.17) is 19.8 Å². The highest BCUT2D eigenvalue weighted by Crippen LogP contribution is 2.26. The van der Waals surface area contributed by atoms with E-state index in [0.29, 0.717) is 17.1 Å². The zero-order chi connectivity index (χ0) is 14.5. The summed E-state index contributed by atoms with van der Waals surface area (Å²) in [5.41, 5.74) is 0.250. The van der Waals surface area contributed by atoms with Crippen LogP contribution in [-0.4, -0.2) is 23.2 Å². The zero-order valence-electron chi connectivity index (χ0n) is 10.5. The Morgan fingerprint density at radius 1 is 1.30 bits per heavy atom. The molecule has 0 aliphatic rings. The fourth-order valence-electron chi connectivity index (χ4n) is 1.52. The number of carboxylic acids is 1. The van der Waals surface area contributed by atoms with Gasteiger partial charge in [0.25, 0.3) is 0 Å². The van der Waals surface area contributed by atoms with Gasteiger partial charge in [0.15, 0.2) is 5.69 Å². The molecular weight excluding hydrogens is 260 g/mol. The van der Waals surface area contributed by atoms with Gasteiger partial charge in [-0.25, -0.2) is 9.78 Å². The molecule has 1 N–H and O–H groups in total. The summed E-state index contributed by atoms with van der Waals surface area (Å²) in [5, 5.41) is 17.8. The van der Waals surface area contributed by atoms with Crippen molar-refractivity contribution in [2.24, 2.45) is 0 Å². The lowest BCUT2D eigenvalue weighted by Gasteiger charge is -2.07. The second-order valence-electron chi connectivity index (χ2n) is 3.78. The van der Waals surface area contributed by atoms with Crippen LogP contribution in [0.15, 0.2) is 36.4 Å². The first kappa shape index (κ1) is 13.4. The van der Waals surface area contributed by atoms with Crippen molar-refractivity contribution in [3.63, 3.8) is 0 Å². The molecule has 1 aromatic heterocycles. The predicted octanol–water partition coefficient (Wildman–Crippen LogP) is 2.45. The molecule has 2 rings (SSSR count). The van der Waals surface area contributed by atoms with Crippen molar-refractivity contribution < 1.29 is 19.4 Å². The summed E-state index contributed by atoms with van der Waals surface area (Å²) in [6.07, 6.45) is 0. The summed E-state index contributed by atoms with van der Waals surface area (Å²) in [6, 6.07) is 11.1. The van der Waals surface area contributed by atoms with Crippen LogP contribution in [0.2, 0.25) is 0 Å². The number of benzene rings is 1. The van der Waals surface area contributed by atoms with Crippen LogP contribution in [0.5, 0.6) is 17.4 Å². The van der Waals surface area contributed by atoms with Crippen molar-refractivity contribution in [3.05, 3.63) is 47.7 Å². The van der Waals surface area contributed by atoms with E-state index in [1.807, 2.05) is 6.07 Å². The van der Waals surface area contributed by atoms with Crippen LogP contribution in [-0.2, 0) is 0 Å². The number of nitrogens with zero attached hydrogens (tertiary/aromatic N) is 2. The van der Waals surface area contributed by atoms with Gasteiger partial charge in [0.05, 0.1) is 18.7 Å². The molecule has 0 saturated heterocycles. The maximum absolute atomic E-state index is 10.8. The molecule has 0 fully saturated rings. The number of ether oxygens (including phenoxy) is 2. The minimum absolute atomic E-state index is 0.120. The van der Waals surface area contributed by atoms with Crippen LogP contribution in [0.25, 0.3) is 0 Å². The number of hydrogen-bond donors (Lipinski definition) is 1. The Kier molecular flexibility index (Phi) is 3.82. The summed E-state index contributed by atoms with van der Waals surface area (Å²) in [5.74, 6) is -0.203. The summed E-state index contributed by atoms with van der Waals surface area (Å²) < 4.78 is 10.5. The molecule has 100 valence electrons. The number of rotatable bonds is 4. The van der Waals surface area contributed by atoms with Gasteiger partial charge in [-0.1, -0.05) is 6.07 Å². The van der Waals surface area contributed by atoms with E-state index in [0.717, 1.165) is 0 Å². The molecule has 0 bridgehead atoms. The van der Waals surface area contributed by atoms with Crippen molar-refractivity contribution in [2.45, 2.75) is 0 Å². The minimum Gasteiger partial charge on any atom is -0.497 e. The first-order valence-corrected chi connectivity index (χ1v) is 5.60. The maximum atomic E-state index is 10.8. The SMILES string of the molecule is COc1cc(C#N)cc(Oc2cccc(C(=O)O)n2)c1. The van der Waals surface area contributed by atoms with Crippen LogP contribution in [0.1, 0.15) is 16.1 Å². The maximum Gasteiger partial charge on any atom is 0.354 e. The molecule has 0 aliphatic carbocycles. The van der Waals surface area contributed by atoms with Gasteiger partial charge in [0, 0.05) is 12.1 Å². The first-order chi connectivity index (χ1) is 9.62. The van der Waals surface area contributed by atoms with Gasteiger partial charge in [-0.2, -0.15) is 5.26 Å². The summed E-state index contributed by atoms with van der Waals surface area (Å²) in [4.78, 5) is 14.7. The third-order valence-corrected chi connectivity index (χ3v) is 2.41. The monoisotopic (exact) mass is 270 g/mol. The summed E-state index contributed by atoms with van der Waals surface area (Å²) in [7, 11) is 1.48. The molecule has 6 nitrogen and oxygen atoms in total. The Morgan fingerprint density at radius 3 is 2.70 bits per heavy atom. The fraction of sp³-hybridized carbons (Fsp3) is 0.0714. The minimum atomic E-state index is -1.14. The van der Waals surface area contributed by atoms with Gasteiger partial charge in [0.1, 0.15) is 11.5 Å².